The Kier molecular flexibility index (Phi) is 4.83. The smallest absolute Gasteiger partial charge is 0.240 e. The SMILES string of the molecule is CNCc1ccc(S(=O)(=O)NCC2(C)CCCC2)cc1. The van der Waals surface area contributed by atoms with Crippen molar-refractivity contribution in [3.8, 4) is 0 Å². The second kappa shape index (κ2) is 6.24. The highest BCUT2D eigenvalue weighted by Crippen LogP contribution is 2.36. The van der Waals surface area contributed by atoms with Crippen LogP contribution in [-0.4, -0.2) is 22.0 Å². The van der Waals surface area contributed by atoms with Crippen molar-refractivity contribution in [2.75, 3.05) is 13.6 Å². The maximum atomic E-state index is 12.3. The Hall–Kier alpha value is -0.910. The monoisotopic (exact) mass is 296 g/mol. The highest BCUT2D eigenvalue weighted by Gasteiger charge is 2.30. The van der Waals surface area contributed by atoms with Gasteiger partial charge in [0.2, 0.25) is 10.0 Å². The number of benzene rings is 1. The van der Waals surface area contributed by atoms with E-state index in [0.717, 1.165) is 24.9 Å². The lowest BCUT2D eigenvalue weighted by Crippen LogP contribution is -2.34. The van der Waals surface area contributed by atoms with Crippen LogP contribution in [0, 0.1) is 5.41 Å². The molecule has 1 aliphatic rings. The molecule has 1 aliphatic carbocycles. The van der Waals surface area contributed by atoms with Crippen molar-refractivity contribution in [3.05, 3.63) is 29.8 Å². The van der Waals surface area contributed by atoms with Crippen LogP contribution in [0.4, 0.5) is 0 Å². The summed E-state index contributed by atoms with van der Waals surface area (Å²) in [6.07, 6.45) is 4.63. The highest BCUT2D eigenvalue weighted by molar-refractivity contribution is 7.89. The predicted molar refractivity (Wildman–Crippen MR) is 81.0 cm³/mol. The molecule has 1 aromatic carbocycles. The maximum Gasteiger partial charge on any atom is 0.240 e. The first-order valence-electron chi connectivity index (χ1n) is 7.18. The molecule has 0 aromatic heterocycles. The van der Waals surface area contributed by atoms with Crippen LogP contribution in [0.15, 0.2) is 29.2 Å². The molecule has 20 heavy (non-hydrogen) atoms. The molecular formula is C15H24N2O2S. The van der Waals surface area contributed by atoms with Gasteiger partial charge in [0.15, 0.2) is 0 Å². The van der Waals surface area contributed by atoms with Crippen molar-refractivity contribution in [1.82, 2.24) is 10.0 Å². The minimum atomic E-state index is -3.39. The lowest BCUT2D eigenvalue weighted by Gasteiger charge is -2.23. The molecule has 0 aliphatic heterocycles. The maximum absolute atomic E-state index is 12.3. The Morgan fingerprint density at radius 2 is 1.75 bits per heavy atom. The molecule has 0 bridgehead atoms. The molecule has 0 amide bonds. The van der Waals surface area contributed by atoms with Gasteiger partial charge in [0, 0.05) is 13.1 Å². The lowest BCUT2D eigenvalue weighted by molar-refractivity contribution is 0.336. The molecule has 0 radical (unpaired) electrons. The standard InChI is InChI=1S/C15H24N2O2S/c1-15(9-3-4-10-15)12-17-20(18,19)14-7-5-13(6-8-14)11-16-2/h5-8,16-17H,3-4,9-12H2,1-2H3. The van der Waals surface area contributed by atoms with Crippen molar-refractivity contribution < 1.29 is 8.42 Å². The third kappa shape index (κ3) is 3.81. The second-order valence-electron chi connectivity index (χ2n) is 6.02. The van der Waals surface area contributed by atoms with Crippen molar-refractivity contribution in [2.24, 2.45) is 5.41 Å². The number of sulfonamides is 1. The molecule has 2 rings (SSSR count). The first kappa shape index (κ1) is 15.5. The summed E-state index contributed by atoms with van der Waals surface area (Å²) in [5, 5.41) is 3.04. The zero-order valence-corrected chi connectivity index (χ0v) is 13.1. The molecule has 4 nitrogen and oxygen atoms in total. The topological polar surface area (TPSA) is 58.2 Å². The molecule has 112 valence electrons. The van der Waals surface area contributed by atoms with Crippen molar-refractivity contribution in [2.45, 2.75) is 44.0 Å². The Bertz CT molecular complexity index is 531. The fourth-order valence-corrected chi connectivity index (χ4v) is 3.95. The van der Waals surface area contributed by atoms with E-state index in [9.17, 15) is 8.42 Å². The van der Waals surface area contributed by atoms with Crippen LogP contribution < -0.4 is 10.0 Å². The summed E-state index contributed by atoms with van der Waals surface area (Å²) in [6, 6.07) is 7.04. The summed E-state index contributed by atoms with van der Waals surface area (Å²) in [7, 11) is -1.52. The zero-order chi connectivity index (χ0) is 14.6. The van der Waals surface area contributed by atoms with Crippen LogP contribution in [-0.2, 0) is 16.6 Å². The van der Waals surface area contributed by atoms with Gasteiger partial charge in [-0.1, -0.05) is 31.9 Å². The summed E-state index contributed by atoms with van der Waals surface area (Å²) in [5.41, 5.74) is 1.20. The van der Waals surface area contributed by atoms with E-state index in [-0.39, 0.29) is 5.41 Å². The van der Waals surface area contributed by atoms with Crippen LogP contribution in [0.5, 0.6) is 0 Å². The van der Waals surface area contributed by atoms with Gasteiger partial charge in [0.25, 0.3) is 0 Å². The molecule has 1 fully saturated rings. The van der Waals surface area contributed by atoms with Gasteiger partial charge in [0.05, 0.1) is 4.90 Å². The van der Waals surface area contributed by atoms with Crippen LogP contribution in [0.3, 0.4) is 0 Å². The van der Waals surface area contributed by atoms with Gasteiger partial charge in [-0.15, -0.1) is 0 Å². The van der Waals surface area contributed by atoms with Crippen LogP contribution in [0.2, 0.25) is 0 Å². The largest absolute Gasteiger partial charge is 0.316 e. The minimum absolute atomic E-state index is 0.124. The molecular weight excluding hydrogens is 272 g/mol. The van der Waals surface area contributed by atoms with E-state index in [4.69, 9.17) is 0 Å². The molecule has 0 unspecified atom stereocenters. The van der Waals surface area contributed by atoms with Gasteiger partial charge in [-0.05, 0) is 43.0 Å². The van der Waals surface area contributed by atoms with Gasteiger partial charge >= 0.3 is 0 Å². The molecule has 1 aromatic rings. The fraction of sp³-hybridized carbons (Fsp3) is 0.600. The van der Waals surface area contributed by atoms with Crippen molar-refractivity contribution >= 4 is 10.0 Å². The molecule has 0 saturated heterocycles. The number of nitrogens with one attached hydrogen (secondary N) is 2. The molecule has 2 N–H and O–H groups in total. The number of hydrogen-bond acceptors (Lipinski definition) is 3. The van der Waals surface area contributed by atoms with Crippen LogP contribution in [0.25, 0.3) is 0 Å². The van der Waals surface area contributed by atoms with E-state index in [0.29, 0.717) is 11.4 Å². The Morgan fingerprint density at radius 3 is 2.30 bits per heavy atom. The average molecular weight is 296 g/mol. The van der Waals surface area contributed by atoms with Crippen LogP contribution >= 0.6 is 0 Å². The molecule has 1 saturated carbocycles. The van der Waals surface area contributed by atoms with E-state index < -0.39 is 10.0 Å². The highest BCUT2D eigenvalue weighted by atomic mass is 32.2. The summed E-state index contributed by atoms with van der Waals surface area (Å²) < 4.78 is 27.3. The Balaban J connectivity index is 2.02. The van der Waals surface area contributed by atoms with E-state index >= 15 is 0 Å². The predicted octanol–water partition coefficient (Wildman–Crippen LogP) is 2.26. The normalized spacial score (nSPS) is 18.3. The molecule has 0 spiro atoms. The van der Waals surface area contributed by atoms with Gasteiger partial charge in [0.1, 0.15) is 0 Å². The lowest BCUT2D eigenvalue weighted by atomic mass is 9.89. The molecule has 0 atom stereocenters. The number of hydrogen-bond donors (Lipinski definition) is 2. The summed E-state index contributed by atoms with van der Waals surface area (Å²) in [6.45, 7) is 3.44. The van der Waals surface area contributed by atoms with E-state index in [1.165, 1.54) is 12.8 Å². The first-order chi connectivity index (χ1) is 9.45. The quantitative estimate of drug-likeness (QED) is 0.846. The van der Waals surface area contributed by atoms with Gasteiger partial charge in [-0.25, -0.2) is 13.1 Å². The Labute approximate surface area is 122 Å². The van der Waals surface area contributed by atoms with Crippen LogP contribution in [0.1, 0.15) is 38.2 Å². The third-order valence-electron chi connectivity index (χ3n) is 4.11. The van der Waals surface area contributed by atoms with E-state index in [2.05, 4.69) is 17.0 Å². The van der Waals surface area contributed by atoms with E-state index in [1.807, 2.05) is 19.2 Å². The van der Waals surface area contributed by atoms with E-state index in [1.54, 1.807) is 12.1 Å². The van der Waals surface area contributed by atoms with Crippen molar-refractivity contribution in [1.29, 1.82) is 0 Å². The summed E-state index contributed by atoms with van der Waals surface area (Å²) in [5.74, 6) is 0. The second-order valence-corrected chi connectivity index (χ2v) is 7.78. The molecule has 0 heterocycles. The minimum Gasteiger partial charge on any atom is -0.316 e. The van der Waals surface area contributed by atoms with Gasteiger partial charge in [-0.3, -0.25) is 0 Å². The van der Waals surface area contributed by atoms with Crippen molar-refractivity contribution in [3.63, 3.8) is 0 Å². The molecule has 5 heteroatoms. The zero-order valence-electron chi connectivity index (χ0n) is 12.3. The average Bonchev–Trinajstić information content (AvgIpc) is 2.85. The first-order valence-corrected chi connectivity index (χ1v) is 8.67. The Morgan fingerprint density at radius 1 is 1.15 bits per heavy atom. The number of rotatable bonds is 6. The summed E-state index contributed by atoms with van der Waals surface area (Å²) in [4.78, 5) is 0.346. The van der Waals surface area contributed by atoms with Gasteiger partial charge < -0.3 is 5.32 Å². The van der Waals surface area contributed by atoms with Gasteiger partial charge in [-0.2, -0.15) is 0 Å². The fourth-order valence-electron chi connectivity index (χ4n) is 2.75. The third-order valence-corrected chi connectivity index (χ3v) is 5.53. The summed E-state index contributed by atoms with van der Waals surface area (Å²) >= 11 is 0.